The van der Waals surface area contributed by atoms with Crippen LogP contribution in [0.1, 0.15) is 56.8 Å². The van der Waals surface area contributed by atoms with Crippen LogP contribution in [-0.4, -0.2) is 32.2 Å². The molecular formula is C30H35ClN2O3. The average molecular weight is 507 g/mol. The molecule has 190 valence electrons. The Hall–Kier alpha value is -3.18. The Morgan fingerprint density at radius 1 is 1.03 bits per heavy atom. The van der Waals surface area contributed by atoms with Crippen LogP contribution in [0.5, 0.6) is 11.5 Å². The Morgan fingerprint density at radius 3 is 2.28 bits per heavy atom. The maximum Gasteiger partial charge on any atom is 0.232 e. The Balaban J connectivity index is 1.85. The minimum Gasteiger partial charge on any atom is -0.493 e. The second kappa shape index (κ2) is 10.8. The molecule has 0 saturated heterocycles. The molecule has 1 aliphatic heterocycles. The number of ether oxygens (including phenoxy) is 2. The fourth-order valence-corrected chi connectivity index (χ4v) is 4.65. The zero-order chi connectivity index (χ0) is 26.0. The third-order valence-corrected chi connectivity index (χ3v) is 7.24. The van der Waals surface area contributed by atoms with E-state index in [1.165, 1.54) is 0 Å². The lowest BCUT2D eigenvalue weighted by Gasteiger charge is -2.38. The molecule has 0 fully saturated rings. The molecule has 0 N–H and O–H groups in total. The minimum atomic E-state index is -0.322. The first kappa shape index (κ1) is 25.9. The number of carbonyl (C=O) groups excluding carboxylic acids is 1. The van der Waals surface area contributed by atoms with Crippen LogP contribution >= 0.6 is 11.6 Å². The summed E-state index contributed by atoms with van der Waals surface area (Å²) in [7, 11) is 3.71. The van der Waals surface area contributed by atoms with E-state index in [2.05, 4.69) is 44.9 Å². The predicted molar refractivity (Wildman–Crippen MR) is 148 cm³/mol. The van der Waals surface area contributed by atoms with Crippen LogP contribution in [0.15, 0.2) is 60.7 Å². The number of nitrogens with zero attached hydrogens (tertiary/aromatic N) is 2. The van der Waals surface area contributed by atoms with Crippen molar-refractivity contribution in [1.29, 1.82) is 0 Å². The van der Waals surface area contributed by atoms with Gasteiger partial charge in [-0.3, -0.25) is 4.79 Å². The summed E-state index contributed by atoms with van der Waals surface area (Å²) in [6.07, 6.45) is 1.20. The number of fused-ring (bicyclic) bond motifs is 1. The predicted octanol–water partition coefficient (Wildman–Crippen LogP) is 7.05. The Kier molecular flexibility index (Phi) is 7.79. The molecule has 1 aliphatic rings. The van der Waals surface area contributed by atoms with Gasteiger partial charge in [-0.1, -0.05) is 30.7 Å². The van der Waals surface area contributed by atoms with Gasteiger partial charge in [0.1, 0.15) is 0 Å². The van der Waals surface area contributed by atoms with Gasteiger partial charge >= 0.3 is 0 Å². The summed E-state index contributed by atoms with van der Waals surface area (Å²) in [5.41, 5.74) is 4.92. The van der Waals surface area contributed by atoms with Gasteiger partial charge in [-0.15, -0.1) is 0 Å². The van der Waals surface area contributed by atoms with Crippen molar-refractivity contribution in [1.82, 2.24) is 0 Å². The van der Waals surface area contributed by atoms with E-state index >= 15 is 0 Å². The fourth-order valence-electron chi connectivity index (χ4n) is 4.52. The van der Waals surface area contributed by atoms with Crippen LogP contribution in [0, 0.1) is 0 Å². The fraction of sp³-hybridized carbons (Fsp3) is 0.367. The molecule has 1 unspecified atom stereocenters. The Bertz CT molecular complexity index is 1210. The molecule has 5 nitrogen and oxygen atoms in total. The molecule has 0 aromatic heterocycles. The van der Waals surface area contributed by atoms with E-state index in [0.717, 1.165) is 34.5 Å². The van der Waals surface area contributed by atoms with Gasteiger partial charge < -0.3 is 19.3 Å². The lowest BCUT2D eigenvalue weighted by atomic mass is 9.86. The molecule has 0 spiro atoms. The first-order chi connectivity index (χ1) is 17.2. The second-order valence-electron chi connectivity index (χ2n) is 9.65. The molecule has 0 bridgehead atoms. The molecule has 6 heteroatoms. The Labute approximate surface area is 219 Å². The van der Waals surface area contributed by atoms with E-state index < -0.39 is 0 Å². The Morgan fingerprint density at radius 2 is 1.69 bits per heavy atom. The highest BCUT2D eigenvalue weighted by atomic mass is 35.5. The van der Waals surface area contributed by atoms with Crippen LogP contribution in [0.2, 0.25) is 5.02 Å². The van der Waals surface area contributed by atoms with Gasteiger partial charge in [0.05, 0.1) is 25.7 Å². The zero-order valence-electron chi connectivity index (χ0n) is 21.9. The second-order valence-corrected chi connectivity index (χ2v) is 10.1. The summed E-state index contributed by atoms with van der Waals surface area (Å²) in [4.78, 5) is 17.8. The van der Waals surface area contributed by atoms with Gasteiger partial charge in [0.2, 0.25) is 5.91 Å². The number of carbonyl (C=O) groups is 1. The summed E-state index contributed by atoms with van der Waals surface area (Å²) < 4.78 is 11.9. The first-order valence-corrected chi connectivity index (χ1v) is 12.9. The van der Waals surface area contributed by atoms with Crippen LogP contribution in [-0.2, 0) is 11.2 Å². The number of amides is 1. The highest BCUT2D eigenvalue weighted by Gasteiger charge is 2.36. The number of hydrogen-bond donors (Lipinski definition) is 0. The lowest BCUT2D eigenvalue weighted by Crippen LogP contribution is -2.41. The highest BCUT2D eigenvalue weighted by molar-refractivity contribution is 6.30. The lowest BCUT2D eigenvalue weighted by molar-refractivity contribution is -0.118. The van der Waals surface area contributed by atoms with Gasteiger partial charge in [-0.2, -0.15) is 0 Å². The van der Waals surface area contributed by atoms with Crippen LogP contribution < -0.4 is 19.3 Å². The minimum absolute atomic E-state index is 0.0325. The summed E-state index contributed by atoms with van der Waals surface area (Å²) in [5, 5.41) is 0.657. The van der Waals surface area contributed by atoms with E-state index in [-0.39, 0.29) is 24.5 Å². The van der Waals surface area contributed by atoms with Crippen molar-refractivity contribution in [3.05, 3.63) is 82.4 Å². The van der Waals surface area contributed by atoms with E-state index in [9.17, 15) is 4.79 Å². The first-order valence-electron chi connectivity index (χ1n) is 12.5. The summed E-state index contributed by atoms with van der Waals surface area (Å²) in [6, 6.07) is 20.0. The van der Waals surface area contributed by atoms with Gasteiger partial charge in [-0.05, 0) is 92.4 Å². The number of hydrogen-bond acceptors (Lipinski definition) is 4. The normalized spacial score (nSPS) is 16.1. The molecule has 1 amide bonds. The van der Waals surface area contributed by atoms with Crippen molar-refractivity contribution in [3.8, 4) is 11.5 Å². The largest absolute Gasteiger partial charge is 0.493 e. The van der Waals surface area contributed by atoms with Gasteiger partial charge in [0, 0.05) is 29.5 Å². The molecule has 2 atom stereocenters. The SMILES string of the molecule is CC[C@@H](C)Oc1cc2c(cc1OC)CC(=O)N(c1ccc(N(C)C(C)C)cc1)C2c1ccc(Cl)cc1. The van der Waals surface area contributed by atoms with E-state index in [4.69, 9.17) is 21.1 Å². The average Bonchev–Trinajstić information content (AvgIpc) is 2.88. The standard InChI is InChI=1S/C30H35ClN2O3/c1-7-20(4)36-28-18-26-22(16-27(28)35-6)17-29(34)33(30(26)21-8-10-23(31)11-9-21)25-14-12-24(13-15-25)32(5)19(2)3/h8-16,18-20,30H,7,17H2,1-6H3/t20-,30?/m1/s1. The summed E-state index contributed by atoms with van der Waals surface area (Å²) in [5.74, 6) is 1.36. The van der Waals surface area contributed by atoms with Crippen LogP contribution in [0.3, 0.4) is 0 Å². The summed E-state index contributed by atoms with van der Waals surface area (Å²) >= 11 is 6.22. The van der Waals surface area contributed by atoms with Crippen molar-refractivity contribution in [2.45, 2.75) is 58.7 Å². The maximum atomic E-state index is 13.7. The van der Waals surface area contributed by atoms with Gasteiger partial charge in [-0.25, -0.2) is 0 Å². The van der Waals surface area contributed by atoms with Crippen LogP contribution in [0.25, 0.3) is 0 Å². The molecule has 0 aliphatic carbocycles. The van der Waals surface area contributed by atoms with E-state index in [1.54, 1.807) is 7.11 Å². The molecule has 3 aromatic carbocycles. The topological polar surface area (TPSA) is 42.0 Å². The van der Waals surface area contributed by atoms with Crippen molar-refractivity contribution in [2.75, 3.05) is 24.0 Å². The van der Waals surface area contributed by atoms with E-state index in [1.807, 2.05) is 60.4 Å². The molecule has 1 heterocycles. The van der Waals surface area contributed by atoms with Crippen LogP contribution in [0.4, 0.5) is 11.4 Å². The van der Waals surface area contributed by atoms with E-state index in [0.29, 0.717) is 22.6 Å². The third kappa shape index (κ3) is 5.17. The molecule has 0 saturated carbocycles. The van der Waals surface area contributed by atoms with Crippen molar-refractivity contribution in [3.63, 3.8) is 0 Å². The van der Waals surface area contributed by atoms with Gasteiger partial charge in [0.15, 0.2) is 11.5 Å². The molecular weight excluding hydrogens is 472 g/mol. The number of methoxy groups -OCH3 is 1. The third-order valence-electron chi connectivity index (χ3n) is 6.99. The highest BCUT2D eigenvalue weighted by Crippen LogP contribution is 2.44. The molecule has 3 aromatic rings. The smallest absolute Gasteiger partial charge is 0.232 e. The monoisotopic (exact) mass is 506 g/mol. The molecule has 0 radical (unpaired) electrons. The van der Waals surface area contributed by atoms with Crippen molar-refractivity contribution < 1.29 is 14.3 Å². The quantitative estimate of drug-likeness (QED) is 0.328. The number of halogens is 1. The number of rotatable bonds is 8. The summed E-state index contributed by atoms with van der Waals surface area (Å²) in [6.45, 7) is 8.44. The molecule has 36 heavy (non-hydrogen) atoms. The van der Waals surface area contributed by atoms with Crippen molar-refractivity contribution >= 4 is 28.9 Å². The number of anilines is 2. The number of benzene rings is 3. The zero-order valence-corrected chi connectivity index (χ0v) is 22.7. The van der Waals surface area contributed by atoms with Crippen molar-refractivity contribution in [2.24, 2.45) is 0 Å². The maximum absolute atomic E-state index is 13.7. The molecule has 4 rings (SSSR count). The van der Waals surface area contributed by atoms with Gasteiger partial charge in [0.25, 0.3) is 0 Å².